The molecule has 0 saturated heterocycles. The van der Waals surface area contributed by atoms with E-state index in [-0.39, 0.29) is 13.0 Å². The summed E-state index contributed by atoms with van der Waals surface area (Å²) in [5.74, 6) is -1.16. The van der Waals surface area contributed by atoms with E-state index in [0.29, 0.717) is 0 Å². The summed E-state index contributed by atoms with van der Waals surface area (Å²) in [6.07, 6.45) is -0.523. The van der Waals surface area contributed by atoms with Crippen LogP contribution in [0.1, 0.15) is 47.1 Å². The predicted molar refractivity (Wildman–Crippen MR) is 110 cm³/mol. The van der Waals surface area contributed by atoms with Crippen molar-refractivity contribution < 1.29 is 23.9 Å². The molecule has 2 amide bonds. The van der Waals surface area contributed by atoms with E-state index in [1.165, 1.54) is 0 Å². The Morgan fingerprint density at radius 3 is 1.93 bits per heavy atom. The molecule has 0 unspecified atom stereocenters. The zero-order valence-corrected chi connectivity index (χ0v) is 18.1. The molecule has 1 aromatic carbocycles. The summed E-state index contributed by atoms with van der Waals surface area (Å²) in [5, 5.41) is 5.07. The first kappa shape index (κ1) is 24.4. The topological polar surface area (TPSA) is 120 Å². The van der Waals surface area contributed by atoms with Gasteiger partial charge in [0.1, 0.15) is 23.3 Å². The van der Waals surface area contributed by atoms with Crippen molar-refractivity contribution in [3.8, 4) is 0 Å². The number of hydrogen-bond acceptors (Lipinski definition) is 6. The Morgan fingerprint density at radius 1 is 0.897 bits per heavy atom. The third-order valence-corrected chi connectivity index (χ3v) is 3.53. The zero-order chi connectivity index (χ0) is 22.2. The van der Waals surface area contributed by atoms with Crippen LogP contribution in [0.25, 0.3) is 0 Å². The van der Waals surface area contributed by atoms with Crippen molar-refractivity contribution in [2.45, 2.75) is 71.2 Å². The number of ether oxygens (including phenoxy) is 2. The number of amides is 2. The Kier molecular flexibility index (Phi) is 8.63. The summed E-state index contributed by atoms with van der Waals surface area (Å²) in [4.78, 5) is 37.3. The lowest BCUT2D eigenvalue weighted by Gasteiger charge is -2.26. The fraction of sp³-hybridized carbons (Fsp3) is 0.571. The highest BCUT2D eigenvalue weighted by Gasteiger charge is 2.30. The highest BCUT2D eigenvalue weighted by molar-refractivity contribution is 5.90. The lowest BCUT2D eigenvalue weighted by Crippen LogP contribution is -2.56. The van der Waals surface area contributed by atoms with Crippen molar-refractivity contribution in [3.05, 3.63) is 35.9 Å². The summed E-state index contributed by atoms with van der Waals surface area (Å²) in [7, 11) is 0. The molecule has 0 aliphatic carbocycles. The van der Waals surface area contributed by atoms with Crippen LogP contribution in [0.2, 0.25) is 0 Å². The third-order valence-electron chi connectivity index (χ3n) is 3.53. The lowest BCUT2D eigenvalue weighted by molar-refractivity contribution is -0.158. The molecule has 4 N–H and O–H groups in total. The largest absolute Gasteiger partial charge is 0.458 e. The van der Waals surface area contributed by atoms with E-state index in [1.807, 2.05) is 30.3 Å². The Hall–Kier alpha value is -2.61. The molecule has 1 rings (SSSR count). The van der Waals surface area contributed by atoms with Gasteiger partial charge in [0.05, 0.1) is 0 Å². The maximum atomic E-state index is 12.7. The normalized spacial score (nSPS) is 13.8. The first-order chi connectivity index (χ1) is 13.3. The minimum absolute atomic E-state index is 0.155. The molecule has 0 heterocycles. The van der Waals surface area contributed by atoms with Crippen molar-refractivity contribution in [2.75, 3.05) is 6.54 Å². The molecule has 0 saturated carbocycles. The second-order valence-corrected chi connectivity index (χ2v) is 8.72. The van der Waals surface area contributed by atoms with Crippen molar-refractivity contribution in [1.29, 1.82) is 0 Å². The summed E-state index contributed by atoms with van der Waals surface area (Å²) >= 11 is 0. The Morgan fingerprint density at radius 2 is 1.45 bits per heavy atom. The monoisotopic (exact) mass is 407 g/mol. The predicted octanol–water partition coefficient (Wildman–Crippen LogP) is 1.91. The average Bonchev–Trinajstić information content (AvgIpc) is 2.56. The number of alkyl carbamates (subject to hydrolysis) is 1. The highest BCUT2D eigenvalue weighted by Crippen LogP contribution is 2.12. The van der Waals surface area contributed by atoms with Gasteiger partial charge in [-0.2, -0.15) is 0 Å². The number of nitrogens with one attached hydrogen (secondary N) is 2. The van der Waals surface area contributed by atoms with Crippen LogP contribution in [0.5, 0.6) is 0 Å². The van der Waals surface area contributed by atoms with Crippen LogP contribution in [0, 0.1) is 0 Å². The fourth-order valence-electron chi connectivity index (χ4n) is 2.37. The van der Waals surface area contributed by atoms with Crippen LogP contribution < -0.4 is 16.4 Å². The van der Waals surface area contributed by atoms with Gasteiger partial charge in [-0.3, -0.25) is 4.79 Å². The van der Waals surface area contributed by atoms with Crippen LogP contribution >= 0.6 is 0 Å². The van der Waals surface area contributed by atoms with E-state index in [0.717, 1.165) is 5.56 Å². The lowest BCUT2D eigenvalue weighted by atomic mass is 10.0. The van der Waals surface area contributed by atoms with E-state index < -0.39 is 41.3 Å². The van der Waals surface area contributed by atoms with E-state index >= 15 is 0 Å². The van der Waals surface area contributed by atoms with Crippen molar-refractivity contribution in [1.82, 2.24) is 10.6 Å². The first-order valence-corrected chi connectivity index (χ1v) is 9.57. The number of benzene rings is 1. The van der Waals surface area contributed by atoms with Crippen LogP contribution in [0.15, 0.2) is 30.3 Å². The van der Waals surface area contributed by atoms with E-state index in [2.05, 4.69) is 10.6 Å². The van der Waals surface area contributed by atoms with Crippen LogP contribution in [0.3, 0.4) is 0 Å². The first-order valence-electron chi connectivity index (χ1n) is 9.57. The number of hydrogen-bond donors (Lipinski definition) is 3. The second kappa shape index (κ2) is 10.2. The summed E-state index contributed by atoms with van der Waals surface area (Å²) in [5.41, 5.74) is 5.07. The maximum absolute atomic E-state index is 12.7. The SMILES string of the molecule is CC(C)(C)OC(=O)N[C@@H](CN)C(=O)N[C@@H](Cc1ccccc1)C(=O)OC(C)(C)C. The molecular weight excluding hydrogens is 374 g/mol. The minimum Gasteiger partial charge on any atom is -0.458 e. The second-order valence-electron chi connectivity index (χ2n) is 8.72. The van der Waals surface area contributed by atoms with Crippen molar-refractivity contribution in [2.24, 2.45) is 5.73 Å². The van der Waals surface area contributed by atoms with Crippen molar-refractivity contribution in [3.63, 3.8) is 0 Å². The number of nitrogens with two attached hydrogens (primary N) is 1. The Balaban J connectivity index is 2.90. The summed E-state index contributed by atoms with van der Waals surface area (Å²) < 4.78 is 10.6. The Labute approximate surface area is 172 Å². The van der Waals surface area contributed by atoms with E-state index in [9.17, 15) is 14.4 Å². The van der Waals surface area contributed by atoms with Gasteiger partial charge in [0.2, 0.25) is 5.91 Å². The molecule has 1 aromatic rings. The van der Waals surface area contributed by atoms with Crippen LogP contribution in [0.4, 0.5) is 4.79 Å². The van der Waals surface area contributed by atoms with Gasteiger partial charge in [0.15, 0.2) is 0 Å². The molecule has 0 aromatic heterocycles. The smallest absolute Gasteiger partial charge is 0.408 e. The quantitative estimate of drug-likeness (QED) is 0.594. The molecule has 0 bridgehead atoms. The molecule has 0 radical (unpaired) electrons. The van der Waals surface area contributed by atoms with Gasteiger partial charge < -0.3 is 25.8 Å². The standard InChI is InChI=1S/C21H33N3O5/c1-20(2,3)28-18(26)15(12-14-10-8-7-9-11-14)23-17(25)16(13-22)24-19(27)29-21(4,5)6/h7-11,15-16H,12-13,22H2,1-6H3,(H,23,25)(H,24,27)/t15-,16-/m0/s1. The van der Waals surface area contributed by atoms with E-state index in [1.54, 1.807) is 41.5 Å². The fourth-order valence-corrected chi connectivity index (χ4v) is 2.37. The molecule has 0 fully saturated rings. The number of rotatable bonds is 7. The molecular formula is C21H33N3O5. The molecule has 29 heavy (non-hydrogen) atoms. The van der Waals surface area contributed by atoms with Gasteiger partial charge in [-0.05, 0) is 47.1 Å². The molecule has 8 nitrogen and oxygen atoms in total. The van der Waals surface area contributed by atoms with Crippen LogP contribution in [-0.2, 0) is 25.5 Å². The third kappa shape index (κ3) is 9.94. The average molecular weight is 408 g/mol. The number of carbonyl (C=O) groups excluding carboxylic acids is 3. The van der Waals surface area contributed by atoms with Crippen LogP contribution in [-0.4, -0.2) is 47.8 Å². The number of carbonyl (C=O) groups is 3. The zero-order valence-electron chi connectivity index (χ0n) is 18.1. The molecule has 162 valence electrons. The van der Waals surface area contributed by atoms with E-state index in [4.69, 9.17) is 15.2 Å². The maximum Gasteiger partial charge on any atom is 0.408 e. The van der Waals surface area contributed by atoms with Gasteiger partial charge in [-0.15, -0.1) is 0 Å². The Bertz CT molecular complexity index is 693. The molecule has 0 aliphatic heterocycles. The van der Waals surface area contributed by atoms with Crippen molar-refractivity contribution >= 4 is 18.0 Å². The molecule has 0 spiro atoms. The van der Waals surface area contributed by atoms with Gasteiger partial charge >= 0.3 is 12.1 Å². The highest BCUT2D eigenvalue weighted by atomic mass is 16.6. The minimum atomic E-state index is -1.05. The number of esters is 1. The molecule has 8 heteroatoms. The van der Waals surface area contributed by atoms with Gasteiger partial charge in [0.25, 0.3) is 0 Å². The summed E-state index contributed by atoms with van der Waals surface area (Å²) in [6.45, 7) is 10.2. The molecule has 0 aliphatic rings. The van der Waals surface area contributed by atoms with Gasteiger partial charge in [0, 0.05) is 13.0 Å². The van der Waals surface area contributed by atoms with Gasteiger partial charge in [-0.25, -0.2) is 9.59 Å². The van der Waals surface area contributed by atoms with Gasteiger partial charge in [-0.1, -0.05) is 30.3 Å². The molecule has 2 atom stereocenters. The summed E-state index contributed by atoms with van der Waals surface area (Å²) in [6, 6.07) is 7.27.